The molecule has 0 saturated carbocycles. The lowest BCUT2D eigenvalue weighted by atomic mass is 10.2. The van der Waals surface area contributed by atoms with Gasteiger partial charge in [-0.2, -0.15) is 5.10 Å². The van der Waals surface area contributed by atoms with Gasteiger partial charge in [-0.15, -0.1) is 0 Å². The molecule has 20 heavy (non-hydrogen) atoms. The predicted octanol–water partition coefficient (Wildman–Crippen LogP) is 1.51. The fraction of sp³-hybridized carbons (Fsp3) is 0.0714. The summed E-state index contributed by atoms with van der Waals surface area (Å²) in [5, 5.41) is 10.3. The minimum absolute atomic E-state index is 0.131. The van der Waals surface area contributed by atoms with Crippen LogP contribution in [0.5, 0.6) is 0 Å². The van der Waals surface area contributed by atoms with Crippen molar-refractivity contribution in [3.05, 3.63) is 58.6 Å². The number of aryl methyl sites for hydroxylation is 1. The van der Waals surface area contributed by atoms with Gasteiger partial charge in [-0.3, -0.25) is 14.7 Å². The summed E-state index contributed by atoms with van der Waals surface area (Å²) in [5.74, 6) is -0.318. The number of nitrogens with zero attached hydrogens (tertiary/aromatic N) is 2. The number of anilines is 1. The van der Waals surface area contributed by atoms with Crippen molar-refractivity contribution < 1.29 is 4.79 Å². The third kappa shape index (κ3) is 2.07. The Kier molecular flexibility index (Phi) is 2.83. The van der Waals surface area contributed by atoms with E-state index in [1.807, 2.05) is 24.3 Å². The number of pyridine rings is 1. The fourth-order valence-corrected chi connectivity index (χ4v) is 1.99. The maximum absolute atomic E-state index is 12.2. The average Bonchev–Trinajstić information content (AvgIpc) is 2.87. The van der Waals surface area contributed by atoms with Crippen LogP contribution < -0.4 is 10.9 Å². The number of aromatic amines is 1. The molecule has 3 aromatic rings. The monoisotopic (exact) mass is 268 g/mol. The molecule has 2 N–H and O–H groups in total. The summed E-state index contributed by atoms with van der Waals surface area (Å²) in [6.45, 7) is 0. The van der Waals surface area contributed by atoms with Crippen LogP contribution in [0.25, 0.3) is 10.9 Å². The van der Waals surface area contributed by atoms with Crippen LogP contribution in [-0.4, -0.2) is 20.7 Å². The number of fused-ring (bicyclic) bond motifs is 1. The number of hydrogen-bond acceptors (Lipinski definition) is 3. The number of benzene rings is 1. The minimum Gasteiger partial charge on any atom is -0.319 e. The van der Waals surface area contributed by atoms with Crippen molar-refractivity contribution in [2.24, 2.45) is 7.05 Å². The van der Waals surface area contributed by atoms with Gasteiger partial charge in [0.2, 0.25) is 5.56 Å². The molecule has 0 saturated heterocycles. The number of carbonyl (C=O) groups is 1. The van der Waals surface area contributed by atoms with Crippen molar-refractivity contribution in [1.29, 1.82) is 0 Å². The Morgan fingerprint density at radius 3 is 2.85 bits per heavy atom. The zero-order chi connectivity index (χ0) is 14.1. The van der Waals surface area contributed by atoms with E-state index in [4.69, 9.17) is 0 Å². The largest absolute Gasteiger partial charge is 0.319 e. The van der Waals surface area contributed by atoms with Gasteiger partial charge in [0, 0.05) is 24.7 Å². The molecular formula is C14H12N4O2. The molecule has 0 aliphatic rings. The van der Waals surface area contributed by atoms with Gasteiger partial charge in [-0.1, -0.05) is 18.2 Å². The smallest absolute Gasteiger partial charge is 0.276 e. The van der Waals surface area contributed by atoms with Gasteiger partial charge < -0.3 is 9.88 Å². The summed E-state index contributed by atoms with van der Waals surface area (Å²) in [7, 11) is 1.63. The van der Waals surface area contributed by atoms with Crippen LogP contribution in [-0.2, 0) is 7.05 Å². The molecule has 2 heterocycles. The highest BCUT2D eigenvalue weighted by atomic mass is 16.2. The van der Waals surface area contributed by atoms with E-state index in [0.717, 1.165) is 10.9 Å². The Labute approximate surface area is 114 Å². The zero-order valence-electron chi connectivity index (χ0n) is 10.8. The Morgan fingerprint density at radius 1 is 1.25 bits per heavy atom. The standard InChI is InChI=1S/C14H12N4O2/c1-18-8-9(6-7-12(18)19)15-14(20)13-10-4-2-3-5-11(10)16-17-13/h2-8H,1H3,(H,15,20)(H,16,17). The third-order valence-electron chi connectivity index (χ3n) is 3.03. The van der Waals surface area contributed by atoms with Crippen molar-refractivity contribution in [2.75, 3.05) is 5.32 Å². The summed E-state index contributed by atoms with van der Waals surface area (Å²) in [6.07, 6.45) is 1.56. The molecule has 0 spiro atoms. The van der Waals surface area contributed by atoms with Crippen LogP contribution >= 0.6 is 0 Å². The third-order valence-corrected chi connectivity index (χ3v) is 3.03. The number of carbonyl (C=O) groups excluding carboxylic acids is 1. The molecule has 2 aromatic heterocycles. The average molecular weight is 268 g/mol. The topological polar surface area (TPSA) is 79.8 Å². The van der Waals surface area contributed by atoms with Crippen LogP contribution in [0.15, 0.2) is 47.4 Å². The zero-order valence-corrected chi connectivity index (χ0v) is 10.8. The number of nitrogens with one attached hydrogen (secondary N) is 2. The Hall–Kier alpha value is -2.89. The van der Waals surface area contributed by atoms with Gasteiger partial charge in [0.1, 0.15) is 0 Å². The molecule has 0 bridgehead atoms. The predicted molar refractivity (Wildman–Crippen MR) is 75.7 cm³/mol. The maximum atomic E-state index is 12.2. The second-order valence-electron chi connectivity index (χ2n) is 4.44. The lowest BCUT2D eigenvalue weighted by Crippen LogP contribution is -2.18. The number of aromatic nitrogens is 3. The van der Waals surface area contributed by atoms with E-state index in [2.05, 4.69) is 15.5 Å². The molecule has 0 unspecified atom stereocenters. The normalized spacial score (nSPS) is 10.7. The van der Waals surface area contributed by atoms with E-state index in [9.17, 15) is 9.59 Å². The molecule has 0 aliphatic carbocycles. The van der Waals surface area contributed by atoms with Crippen molar-refractivity contribution in [3.8, 4) is 0 Å². The van der Waals surface area contributed by atoms with Crippen LogP contribution in [0, 0.1) is 0 Å². The molecule has 0 atom stereocenters. The second kappa shape index (κ2) is 4.65. The SMILES string of the molecule is Cn1cc(NC(=O)c2n[nH]c3ccccc23)ccc1=O. The molecule has 6 heteroatoms. The highest BCUT2D eigenvalue weighted by molar-refractivity contribution is 6.10. The molecule has 0 aliphatic heterocycles. The van der Waals surface area contributed by atoms with Gasteiger partial charge in [0.05, 0.1) is 11.2 Å². The first-order chi connectivity index (χ1) is 9.65. The summed E-state index contributed by atoms with van der Waals surface area (Å²) in [5.41, 5.74) is 1.55. The number of rotatable bonds is 2. The molecule has 1 aromatic carbocycles. The quantitative estimate of drug-likeness (QED) is 0.739. The lowest BCUT2D eigenvalue weighted by Gasteiger charge is -2.05. The summed E-state index contributed by atoms with van der Waals surface area (Å²) < 4.78 is 1.40. The summed E-state index contributed by atoms with van der Waals surface area (Å²) in [4.78, 5) is 23.5. The number of hydrogen-bond donors (Lipinski definition) is 2. The van der Waals surface area contributed by atoms with Gasteiger partial charge in [-0.25, -0.2) is 0 Å². The summed E-state index contributed by atoms with van der Waals surface area (Å²) in [6, 6.07) is 10.4. The van der Waals surface area contributed by atoms with Gasteiger partial charge in [0.15, 0.2) is 5.69 Å². The van der Waals surface area contributed by atoms with Crippen LogP contribution in [0.3, 0.4) is 0 Å². The Morgan fingerprint density at radius 2 is 2.05 bits per heavy atom. The van der Waals surface area contributed by atoms with Gasteiger partial charge >= 0.3 is 0 Å². The first-order valence-corrected chi connectivity index (χ1v) is 6.06. The molecule has 6 nitrogen and oxygen atoms in total. The van der Waals surface area contributed by atoms with Crippen molar-refractivity contribution >= 4 is 22.5 Å². The number of para-hydroxylation sites is 1. The second-order valence-corrected chi connectivity index (χ2v) is 4.44. The van der Waals surface area contributed by atoms with Crippen LogP contribution in [0.1, 0.15) is 10.5 Å². The fourth-order valence-electron chi connectivity index (χ4n) is 1.99. The lowest BCUT2D eigenvalue weighted by molar-refractivity contribution is 0.102. The first kappa shape index (κ1) is 12.2. The van der Waals surface area contributed by atoms with E-state index in [1.54, 1.807) is 19.3 Å². The van der Waals surface area contributed by atoms with E-state index in [0.29, 0.717) is 11.4 Å². The van der Waals surface area contributed by atoms with E-state index in [-0.39, 0.29) is 11.5 Å². The van der Waals surface area contributed by atoms with Crippen LogP contribution in [0.2, 0.25) is 0 Å². The highest BCUT2D eigenvalue weighted by Gasteiger charge is 2.13. The van der Waals surface area contributed by atoms with Crippen LogP contribution in [0.4, 0.5) is 5.69 Å². The molecular weight excluding hydrogens is 256 g/mol. The van der Waals surface area contributed by atoms with E-state index in [1.165, 1.54) is 10.6 Å². The number of H-pyrrole nitrogens is 1. The molecule has 3 rings (SSSR count). The van der Waals surface area contributed by atoms with Crippen molar-refractivity contribution in [3.63, 3.8) is 0 Å². The van der Waals surface area contributed by atoms with Gasteiger partial charge in [0.25, 0.3) is 5.91 Å². The molecule has 1 amide bonds. The molecule has 100 valence electrons. The van der Waals surface area contributed by atoms with Crippen molar-refractivity contribution in [2.45, 2.75) is 0 Å². The van der Waals surface area contributed by atoms with E-state index >= 15 is 0 Å². The van der Waals surface area contributed by atoms with Gasteiger partial charge in [-0.05, 0) is 12.1 Å². The Balaban J connectivity index is 1.93. The first-order valence-electron chi connectivity index (χ1n) is 6.06. The van der Waals surface area contributed by atoms with E-state index < -0.39 is 0 Å². The maximum Gasteiger partial charge on any atom is 0.276 e. The molecule has 0 fully saturated rings. The minimum atomic E-state index is -0.318. The molecule has 0 radical (unpaired) electrons. The Bertz CT molecular complexity index is 848. The van der Waals surface area contributed by atoms with Crippen molar-refractivity contribution in [1.82, 2.24) is 14.8 Å². The number of amides is 1. The summed E-state index contributed by atoms with van der Waals surface area (Å²) >= 11 is 0. The highest BCUT2D eigenvalue weighted by Crippen LogP contribution is 2.16.